The predicted molar refractivity (Wildman–Crippen MR) is 69.9 cm³/mol. The van der Waals surface area contributed by atoms with E-state index in [-0.39, 0.29) is 20.4 Å². The van der Waals surface area contributed by atoms with Crippen molar-refractivity contribution < 1.29 is 24.8 Å². The van der Waals surface area contributed by atoms with Gasteiger partial charge in [0.2, 0.25) is 5.63 Å². The van der Waals surface area contributed by atoms with Crippen LogP contribution in [0.15, 0.2) is 57.7 Å². The maximum Gasteiger partial charge on any atom is 2.00 e. The van der Waals surface area contributed by atoms with Gasteiger partial charge in [0.05, 0.1) is 5.58 Å². The third-order valence-electron chi connectivity index (χ3n) is 2.55. The number of fused-ring (bicyclic) bond motifs is 1. The average Bonchev–Trinajstić information content (AvgIpc) is 2.40. The van der Waals surface area contributed by atoms with Crippen molar-refractivity contribution in [3.63, 3.8) is 0 Å². The fourth-order valence-electron chi connectivity index (χ4n) is 1.76. The van der Waals surface area contributed by atoms with E-state index in [1.807, 2.05) is 36.4 Å². The first-order chi connectivity index (χ1) is 8.83. The van der Waals surface area contributed by atoms with E-state index in [4.69, 9.17) is 4.42 Å². The van der Waals surface area contributed by atoms with E-state index in [1.165, 1.54) is 0 Å². The molecule has 0 aliphatic heterocycles. The number of anilines is 2. The molecule has 2 aromatic carbocycles. The molecule has 1 heterocycles. The zero-order valence-electron chi connectivity index (χ0n) is 9.75. The number of benzene rings is 2. The summed E-state index contributed by atoms with van der Waals surface area (Å²) >= 11 is 0. The van der Waals surface area contributed by atoms with Crippen molar-refractivity contribution in [3.05, 3.63) is 71.1 Å². The number of hydrogen-bond donors (Lipinski definition) is 1. The van der Waals surface area contributed by atoms with E-state index in [0.717, 1.165) is 11.1 Å². The summed E-state index contributed by atoms with van der Waals surface area (Å²) in [6.07, 6.45) is 0. The van der Waals surface area contributed by atoms with Crippen LogP contribution in [0.5, 0.6) is 0 Å². The van der Waals surface area contributed by atoms with Gasteiger partial charge in [0, 0.05) is 0 Å². The third kappa shape index (κ3) is 2.93. The fourth-order valence-corrected chi connectivity index (χ4v) is 1.76. The second-order valence-corrected chi connectivity index (χ2v) is 3.79. The quantitative estimate of drug-likeness (QED) is 0.442. The van der Waals surface area contributed by atoms with Crippen LogP contribution < -0.4 is 10.9 Å². The van der Waals surface area contributed by atoms with Crippen molar-refractivity contribution in [3.8, 4) is 0 Å². The second-order valence-electron chi connectivity index (χ2n) is 3.79. The summed E-state index contributed by atoms with van der Waals surface area (Å²) in [5.41, 5.74) is 1.43. The molecule has 0 aliphatic rings. The first-order valence-corrected chi connectivity index (χ1v) is 5.52. The van der Waals surface area contributed by atoms with Gasteiger partial charge in [0.1, 0.15) is 0 Å². The maximum atomic E-state index is 11.4. The van der Waals surface area contributed by atoms with Crippen LogP contribution in [-0.4, -0.2) is 0 Å². The minimum absolute atomic E-state index is 0. The molecule has 1 N–H and O–H groups in total. The van der Waals surface area contributed by atoms with E-state index < -0.39 is 5.63 Å². The molecule has 0 radical (unpaired) electrons. The molecule has 0 amide bonds. The van der Waals surface area contributed by atoms with Crippen LogP contribution in [0.1, 0.15) is 0 Å². The Hall–Kier alpha value is -1.89. The summed E-state index contributed by atoms with van der Waals surface area (Å²) in [5.74, 6) is 0. The molecule has 3 nitrogen and oxygen atoms in total. The van der Waals surface area contributed by atoms with Crippen LogP contribution in [-0.2, 0) is 20.4 Å². The topological polar surface area (TPSA) is 42.2 Å². The summed E-state index contributed by atoms with van der Waals surface area (Å²) in [5, 5.41) is 3.93. The van der Waals surface area contributed by atoms with Crippen molar-refractivity contribution in [1.82, 2.24) is 0 Å². The van der Waals surface area contributed by atoms with Gasteiger partial charge in [0.15, 0.2) is 0 Å². The van der Waals surface area contributed by atoms with Gasteiger partial charge in [-0.3, -0.25) is 4.79 Å². The van der Waals surface area contributed by atoms with Crippen LogP contribution in [0, 0.1) is 12.1 Å². The molecule has 0 aliphatic carbocycles. The van der Waals surface area contributed by atoms with Crippen LogP contribution in [0.2, 0.25) is 0 Å². The van der Waals surface area contributed by atoms with Gasteiger partial charge in [-0.05, 0) is 6.07 Å². The summed E-state index contributed by atoms with van der Waals surface area (Å²) in [7, 11) is 0. The van der Waals surface area contributed by atoms with Gasteiger partial charge in [-0.1, -0.05) is 17.8 Å². The molecule has 0 unspecified atom stereocenters. The Kier molecular flexibility index (Phi) is 4.16. The molecule has 0 atom stereocenters. The number of para-hydroxylation sites is 2. The van der Waals surface area contributed by atoms with Crippen molar-refractivity contribution in [1.29, 1.82) is 0 Å². The molecular formula is C15H9NO2Pd. The van der Waals surface area contributed by atoms with E-state index >= 15 is 0 Å². The van der Waals surface area contributed by atoms with Gasteiger partial charge in [-0.2, -0.15) is 24.3 Å². The van der Waals surface area contributed by atoms with Gasteiger partial charge >= 0.3 is 20.4 Å². The number of nitrogens with one attached hydrogen (secondary N) is 1. The van der Waals surface area contributed by atoms with E-state index in [1.54, 1.807) is 12.1 Å². The normalized spacial score (nSPS) is 9.89. The van der Waals surface area contributed by atoms with Gasteiger partial charge in [-0.15, -0.1) is 29.3 Å². The maximum absolute atomic E-state index is 11.4. The first kappa shape index (κ1) is 13.5. The summed E-state index contributed by atoms with van der Waals surface area (Å²) in [4.78, 5) is 11.4. The molecule has 0 spiro atoms. The molecule has 1 aromatic heterocycles. The first-order valence-electron chi connectivity index (χ1n) is 5.52. The molecule has 0 saturated heterocycles. The van der Waals surface area contributed by atoms with Crippen LogP contribution in [0.4, 0.5) is 11.4 Å². The zero-order valence-corrected chi connectivity index (χ0v) is 11.3. The van der Waals surface area contributed by atoms with Crippen molar-refractivity contribution in [2.24, 2.45) is 0 Å². The van der Waals surface area contributed by atoms with E-state index in [2.05, 4.69) is 17.4 Å². The van der Waals surface area contributed by atoms with Crippen molar-refractivity contribution in [2.45, 2.75) is 0 Å². The second kappa shape index (κ2) is 5.84. The minimum Gasteiger partial charge on any atom is -0.456 e. The fraction of sp³-hybridized carbons (Fsp3) is 0. The summed E-state index contributed by atoms with van der Waals surface area (Å²) in [6, 6.07) is 20.5. The van der Waals surface area contributed by atoms with E-state index in [9.17, 15) is 4.79 Å². The number of hydrogen-bond acceptors (Lipinski definition) is 3. The van der Waals surface area contributed by atoms with Crippen LogP contribution in [0.3, 0.4) is 0 Å². The Morgan fingerprint density at radius 3 is 2.63 bits per heavy atom. The molecule has 0 bridgehead atoms. The predicted octanol–water partition coefficient (Wildman–Crippen LogP) is 3.13. The molecule has 19 heavy (non-hydrogen) atoms. The smallest absolute Gasteiger partial charge is 0.456 e. The Balaban J connectivity index is 0.00000133. The molecular weight excluding hydrogens is 333 g/mol. The summed E-state index contributed by atoms with van der Waals surface area (Å²) < 4.78 is 5.08. The Bertz CT molecular complexity index is 738. The van der Waals surface area contributed by atoms with Crippen molar-refractivity contribution >= 4 is 22.3 Å². The summed E-state index contributed by atoms with van der Waals surface area (Å²) in [6.45, 7) is 0. The molecule has 0 saturated carbocycles. The molecule has 0 fully saturated rings. The Labute approximate surface area is 123 Å². The Morgan fingerprint density at radius 2 is 1.84 bits per heavy atom. The van der Waals surface area contributed by atoms with Gasteiger partial charge in [-0.25, -0.2) is 0 Å². The zero-order chi connectivity index (χ0) is 12.4. The molecule has 3 aromatic rings. The van der Waals surface area contributed by atoms with Crippen molar-refractivity contribution in [2.75, 3.05) is 5.32 Å². The van der Waals surface area contributed by atoms with Gasteiger partial charge in [0.25, 0.3) is 0 Å². The van der Waals surface area contributed by atoms with Gasteiger partial charge < -0.3 is 9.73 Å². The molecule has 96 valence electrons. The number of rotatable bonds is 2. The Morgan fingerprint density at radius 1 is 1.05 bits per heavy atom. The van der Waals surface area contributed by atoms with E-state index in [0.29, 0.717) is 11.3 Å². The monoisotopic (exact) mass is 341 g/mol. The van der Waals surface area contributed by atoms with Crippen LogP contribution in [0.25, 0.3) is 11.0 Å². The average molecular weight is 342 g/mol. The molecule has 3 rings (SSSR count). The molecule has 4 heteroatoms. The SMILES string of the molecule is O=c1[c-]c(Nc2[c-]cccc2)c2ccccc2o1.[Pd+2]. The minimum atomic E-state index is -0.493. The standard InChI is InChI=1S/C15H9NO2.Pd/c17-15-10-13(16-11-6-2-1-3-7-11)12-8-4-5-9-14(12)18-15;/h1-6,8-9,16H;/q-2;+2. The van der Waals surface area contributed by atoms with Crippen LogP contribution >= 0.6 is 0 Å². The largest absolute Gasteiger partial charge is 2.00 e. The third-order valence-corrected chi connectivity index (χ3v) is 2.55.